The zero-order chi connectivity index (χ0) is 21.1. The summed E-state index contributed by atoms with van der Waals surface area (Å²) in [5.74, 6) is 0.429. The summed E-state index contributed by atoms with van der Waals surface area (Å²) in [6.45, 7) is 2.00. The number of benzene rings is 3. The smallest absolute Gasteiger partial charge is 0.241 e. The van der Waals surface area contributed by atoms with Gasteiger partial charge < -0.3 is 4.74 Å². The fourth-order valence-corrected chi connectivity index (χ4v) is 4.62. The average Bonchev–Trinajstić information content (AvgIpc) is 2.78. The van der Waals surface area contributed by atoms with E-state index in [1.807, 2.05) is 60.7 Å². The van der Waals surface area contributed by atoms with Crippen molar-refractivity contribution in [2.75, 3.05) is 7.11 Å². The van der Waals surface area contributed by atoms with E-state index >= 15 is 0 Å². The second-order valence-corrected chi connectivity index (χ2v) is 8.63. The number of ether oxygens (including phenoxy) is 1. The molecule has 0 bridgehead atoms. The molecule has 0 saturated carbocycles. The molecule has 0 aliphatic carbocycles. The van der Waals surface area contributed by atoms with Crippen LogP contribution >= 0.6 is 0 Å². The van der Waals surface area contributed by atoms with E-state index in [1.165, 1.54) is 0 Å². The van der Waals surface area contributed by atoms with Crippen molar-refractivity contribution in [3.05, 3.63) is 83.9 Å². The van der Waals surface area contributed by atoms with Gasteiger partial charge in [0.05, 0.1) is 12.0 Å². The maximum Gasteiger partial charge on any atom is 0.241 e. The molecule has 7 heteroatoms. The largest absolute Gasteiger partial charge is 0.479 e. The van der Waals surface area contributed by atoms with Crippen LogP contribution in [0.1, 0.15) is 11.1 Å². The molecule has 0 fully saturated rings. The van der Waals surface area contributed by atoms with E-state index in [-0.39, 0.29) is 11.4 Å². The maximum absolute atomic E-state index is 13.0. The van der Waals surface area contributed by atoms with Gasteiger partial charge in [-0.25, -0.2) is 13.1 Å². The summed E-state index contributed by atoms with van der Waals surface area (Å²) in [7, 11) is -2.16. The number of fused-ring (bicyclic) bond motifs is 1. The molecule has 0 aliphatic rings. The monoisotopic (exact) mass is 419 g/mol. The molecule has 0 atom stereocenters. The van der Waals surface area contributed by atoms with Crippen molar-refractivity contribution >= 4 is 20.8 Å². The Labute approximate surface area is 175 Å². The molecule has 0 saturated heterocycles. The number of hydrogen-bond donors (Lipinski definition) is 1. The summed E-state index contributed by atoms with van der Waals surface area (Å²) in [6, 6.07) is 22.3. The third-order valence-corrected chi connectivity index (χ3v) is 6.45. The van der Waals surface area contributed by atoms with Gasteiger partial charge in [0.2, 0.25) is 15.9 Å². The number of hydrogen-bond acceptors (Lipinski definition) is 5. The Morgan fingerprint density at radius 1 is 0.900 bits per heavy atom. The van der Waals surface area contributed by atoms with Crippen LogP contribution in [0.3, 0.4) is 0 Å². The van der Waals surface area contributed by atoms with Crippen LogP contribution < -0.4 is 9.46 Å². The molecule has 0 spiro atoms. The fourth-order valence-electron chi connectivity index (χ4n) is 3.33. The van der Waals surface area contributed by atoms with E-state index in [1.54, 1.807) is 26.2 Å². The Morgan fingerprint density at radius 2 is 1.60 bits per heavy atom. The van der Waals surface area contributed by atoms with E-state index < -0.39 is 10.0 Å². The van der Waals surface area contributed by atoms with Crippen molar-refractivity contribution in [2.45, 2.75) is 18.4 Å². The van der Waals surface area contributed by atoms with Gasteiger partial charge in [0.25, 0.3) is 0 Å². The highest BCUT2D eigenvalue weighted by Crippen LogP contribution is 2.32. The molecule has 30 heavy (non-hydrogen) atoms. The molecule has 1 heterocycles. The fraction of sp³-hybridized carbons (Fsp3) is 0.130. The van der Waals surface area contributed by atoms with Crippen LogP contribution in [0.5, 0.6) is 5.88 Å². The molecule has 1 aromatic heterocycles. The van der Waals surface area contributed by atoms with Gasteiger partial charge in [-0.2, -0.15) is 0 Å². The van der Waals surface area contributed by atoms with Crippen LogP contribution in [0.2, 0.25) is 0 Å². The molecule has 4 rings (SSSR count). The molecule has 0 radical (unpaired) electrons. The molecule has 0 aliphatic heterocycles. The molecule has 152 valence electrons. The normalized spacial score (nSPS) is 11.5. The van der Waals surface area contributed by atoms with Crippen LogP contribution in [0.4, 0.5) is 0 Å². The van der Waals surface area contributed by atoms with E-state index in [0.717, 1.165) is 16.3 Å². The molecule has 6 nitrogen and oxygen atoms in total. The van der Waals surface area contributed by atoms with Crippen molar-refractivity contribution in [2.24, 2.45) is 0 Å². The minimum atomic E-state index is -3.71. The van der Waals surface area contributed by atoms with Crippen LogP contribution in [0.25, 0.3) is 22.0 Å². The van der Waals surface area contributed by atoms with Crippen LogP contribution in [-0.2, 0) is 16.6 Å². The summed E-state index contributed by atoms with van der Waals surface area (Å²) in [5.41, 5.74) is 2.82. The number of aryl methyl sites for hydroxylation is 1. The topological polar surface area (TPSA) is 81.2 Å². The second-order valence-electron chi connectivity index (χ2n) is 6.89. The highest BCUT2D eigenvalue weighted by Gasteiger charge is 2.19. The SMILES string of the molecule is COc1nnc(-c2ccc(C)c(S(=O)(=O)NCc3ccccc3)c2)c2ccccc12. The van der Waals surface area contributed by atoms with Crippen molar-refractivity contribution < 1.29 is 13.2 Å². The standard InChI is InChI=1S/C23H21N3O3S/c1-16-12-13-18(22-19-10-6-7-11-20(19)23(29-2)26-25-22)14-21(16)30(27,28)24-15-17-8-4-3-5-9-17/h3-14,24H,15H2,1-2H3. The average molecular weight is 420 g/mol. The number of methoxy groups -OCH3 is 1. The first-order valence-electron chi connectivity index (χ1n) is 9.43. The van der Waals surface area contributed by atoms with Crippen molar-refractivity contribution in [3.8, 4) is 17.1 Å². The van der Waals surface area contributed by atoms with Crippen molar-refractivity contribution in [1.82, 2.24) is 14.9 Å². The van der Waals surface area contributed by atoms with E-state index in [4.69, 9.17) is 4.74 Å². The van der Waals surface area contributed by atoms with Gasteiger partial charge in [-0.1, -0.05) is 60.7 Å². The second kappa shape index (κ2) is 8.22. The summed E-state index contributed by atoms with van der Waals surface area (Å²) in [5, 5.41) is 10.1. The number of sulfonamides is 1. The summed E-state index contributed by atoms with van der Waals surface area (Å²) < 4.78 is 34.0. The first-order valence-corrected chi connectivity index (χ1v) is 10.9. The van der Waals surface area contributed by atoms with Gasteiger partial charge in [-0.3, -0.25) is 0 Å². The highest BCUT2D eigenvalue weighted by atomic mass is 32.2. The summed E-state index contributed by atoms with van der Waals surface area (Å²) >= 11 is 0. The third kappa shape index (κ3) is 3.90. The Morgan fingerprint density at radius 3 is 2.33 bits per heavy atom. The lowest BCUT2D eigenvalue weighted by Crippen LogP contribution is -2.24. The Kier molecular flexibility index (Phi) is 5.48. The van der Waals surface area contributed by atoms with Crippen molar-refractivity contribution in [1.29, 1.82) is 0 Å². The van der Waals surface area contributed by atoms with E-state index in [0.29, 0.717) is 22.7 Å². The van der Waals surface area contributed by atoms with Gasteiger partial charge in [0.15, 0.2) is 0 Å². The van der Waals surface area contributed by atoms with Gasteiger partial charge in [0.1, 0.15) is 5.69 Å². The lowest BCUT2D eigenvalue weighted by molar-refractivity contribution is 0.398. The Bertz CT molecular complexity index is 1310. The predicted octanol–water partition coefficient (Wildman–Crippen LogP) is 4.09. The number of aromatic nitrogens is 2. The van der Waals surface area contributed by atoms with Gasteiger partial charge >= 0.3 is 0 Å². The molecule has 4 aromatic rings. The quantitative estimate of drug-likeness (QED) is 0.509. The molecule has 1 N–H and O–H groups in total. The molecule has 0 unspecified atom stereocenters. The van der Waals surface area contributed by atoms with E-state index in [2.05, 4.69) is 14.9 Å². The van der Waals surface area contributed by atoms with Crippen LogP contribution in [-0.4, -0.2) is 25.7 Å². The zero-order valence-electron chi connectivity index (χ0n) is 16.7. The Hall–Kier alpha value is -3.29. The molecular weight excluding hydrogens is 398 g/mol. The first kappa shape index (κ1) is 20.0. The van der Waals surface area contributed by atoms with Gasteiger partial charge in [0, 0.05) is 22.9 Å². The highest BCUT2D eigenvalue weighted by molar-refractivity contribution is 7.89. The lowest BCUT2D eigenvalue weighted by atomic mass is 10.0. The number of nitrogens with one attached hydrogen (secondary N) is 1. The molecular formula is C23H21N3O3S. The van der Waals surface area contributed by atoms with Crippen molar-refractivity contribution in [3.63, 3.8) is 0 Å². The first-order chi connectivity index (χ1) is 14.5. The van der Waals surface area contributed by atoms with Crippen LogP contribution in [0.15, 0.2) is 77.7 Å². The number of nitrogens with zero attached hydrogens (tertiary/aromatic N) is 2. The maximum atomic E-state index is 13.0. The minimum Gasteiger partial charge on any atom is -0.479 e. The summed E-state index contributed by atoms with van der Waals surface area (Å²) in [6.07, 6.45) is 0. The zero-order valence-corrected chi connectivity index (χ0v) is 17.5. The predicted molar refractivity (Wildman–Crippen MR) is 117 cm³/mol. The number of rotatable bonds is 6. The van der Waals surface area contributed by atoms with E-state index in [9.17, 15) is 8.42 Å². The van der Waals surface area contributed by atoms with Crippen LogP contribution in [0, 0.1) is 6.92 Å². The Balaban J connectivity index is 1.75. The molecule has 0 amide bonds. The lowest BCUT2D eigenvalue weighted by Gasteiger charge is -2.13. The molecule has 3 aromatic carbocycles. The summed E-state index contributed by atoms with van der Waals surface area (Å²) in [4.78, 5) is 0.220. The van der Waals surface area contributed by atoms with Gasteiger partial charge in [-0.05, 0) is 30.2 Å². The third-order valence-electron chi connectivity index (χ3n) is 4.91. The minimum absolute atomic E-state index is 0.220. The van der Waals surface area contributed by atoms with Gasteiger partial charge in [-0.15, -0.1) is 10.2 Å².